The number of aliphatic imine (C=N–C) groups is 1. The number of morpholine rings is 1. The molecule has 3 heterocycles. The Kier molecular flexibility index (Phi) is 7.37. The van der Waals surface area contributed by atoms with Crippen LogP contribution in [0.5, 0.6) is 0 Å². The van der Waals surface area contributed by atoms with E-state index in [4.69, 9.17) is 9.47 Å². The molecule has 1 unspecified atom stereocenters. The number of guanidine groups is 1. The highest BCUT2D eigenvalue weighted by Crippen LogP contribution is 2.25. The van der Waals surface area contributed by atoms with Gasteiger partial charge in [0, 0.05) is 51.7 Å². The monoisotopic (exact) mass is 438 g/mol. The quantitative estimate of drug-likeness (QED) is 0.401. The van der Waals surface area contributed by atoms with Gasteiger partial charge in [0.05, 0.1) is 26.4 Å². The standard InChI is InChI=1S/C16H30N4O2.HI/c1-16(12-22-13-16)11-18-15(17-2)20-4-3-14(10-20)9-19-5-7-21-8-6-19;/h14H,3-13H2,1-2H3,(H,17,18);1H. The number of nitrogens with one attached hydrogen (secondary N) is 1. The predicted octanol–water partition coefficient (Wildman–Crippen LogP) is 0.870. The number of rotatable bonds is 4. The van der Waals surface area contributed by atoms with E-state index in [0.29, 0.717) is 0 Å². The number of nitrogens with zero attached hydrogens (tertiary/aromatic N) is 3. The molecule has 0 spiro atoms. The molecule has 0 amide bonds. The minimum atomic E-state index is 0. The number of halogens is 1. The Labute approximate surface area is 157 Å². The third-order valence-electron chi connectivity index (χ3n) is 4.99. The first-order chi connectivity index (χ1) is 10.7. The Hall–Kier alpha value is -0.120. The van der Waals surface area contributed by atoms with E-state index in [2.05, 4.69) is 27.0 Å². The summed E-state index contributed by atoms with van der Waals surface area (Å²) in [5, 5.41) is 3.54. The number of likely N-dealkylation sites (tertiary alicyclic amines) is 1. The molecule has 0 bridgehead atoms. The highest BCUT2D eigenvalue weighted by atomic mass is 127. The van der Waals surface area contributed by atoms with E-state index in [1.165, 1.54) is 13.0 Å². The Balaban J connectivity index is 0.00000192. The van der Waals surface area contributed by atoms with Crippen molar-refractivity contribution >= 4 is 29.9 Å². The first kappa shape index (κ1) is 19.2. The highest BCUT2D eigenvalue weighted by Gasteiger charge is 2.34. The summed E-state index contributed by atoms with van der Waals surface area (Å²) in [6, 6.07) is 0. The molecule has 0 aliphatic carbocycles. The lowest BCUT2D eigenvalue weighted by Gasteiger charge is -2.39. The molecular formula is C16H31IN4O2. The second kappa shape index (κ2) is 8.82. The van der Waals surface area contributed by atoms with E-state index in [-0.39, 0.29) is 29.4 Å². The van der Waals surface area contributed by atoms with Crippen LogP contribution in [0.15, 0.2) is 4.99 Å². The van der Waals surface area contributed by atoms with Crippen LogP contribution in [0.1, 0.15) is 13.3 Å². The predicted molar refractivity (Wildman–Crippen MR) is 103 cm³/mol. The molecule has 0 aromatic carbocycles. The van der Waals surface area contributed by atoms with Gasteiger partial charge in [0.15, 0.2) is 5.96 Å². The van der Waals surface area contributed by atoms with Crippen molar-refractivity contribution in [3.8, 4) is 0 Å². The van der Waals surface area contributed by atoms with Gasteiger partial charge in [-0.05, 0) is 12.3 Å². The fourth-order valence-electron chi connectivity index (χ4n) is 3.50. The maximum atomic E-state index is 5.43. The van der Waals surface area contributed by atoms with Crippen molar-refractivity contribution in [3.63, 3.8) is 0 Å². The van der Waals surface area contributed by atoms with Crippen molar-refractivity contribution in [3.05, 3.63) is 0 Å². The first-order valence-electron chi connectivity index (χ1n) is 8.52. The summed E-state index contributed by atoms with van der Waals surface area (Å²) in [6.45, 7) is 12.3. The zero-order valence-corrected chi connectivity index (χ0v) is 16.8. The molecule has 3 saturated heterocycles. The molecule has 0 radical (unpaired) electrons. The van der Waals surface area contributed by atoms with Gasteiger partial charge in [0.2, 0.25) is 0 Å². The minimum Gasteiger partial charge on any atom is -0.380 e. The molecule has 3 aliphatic heterocycles. The van der Waals surface area contributed by atoms with Crippen molar-refractivity contribution in [1.29, 1.82) is 0 Å². The molecule has 0 aromatic heterocycles. The van der Waals surface area contributed by atoms with Crippen LogP contribution in [0.4, 0.5) is 0 Å². The lowest BCUT2D eigenvalue weighted by atomic mass is 9.89. The van der Waals surface area contributed by atoms with E-state index < -0.39 is 0 Å². The van der Waals surface area contributed by atoms with Gasteiger partial charge in [-0.3, -0.25) is 9.89 Å². The van der Waals surface area contributed by atoms with Gasteiger partial charge in [-0.1, -0.05) is 6.92 Å². The van der Waals surface area contributed by atoms with Gasteiger partial charge in [-0.15, -0.1) is 24.0 Å². The highest BCUT2D eigenvalue weighted by molar-refractivity contribution is 14.0. The molecule has 0 saturated carbocycles. The lowest BCUT2D eigenvalue weighted by molar-refractivity contribution is -0.0972. The average Bonchev–Trinajstić information content (AvgIpc) is 2.95. The van der Waals surface area contributed by atoms with Gasteiger partial charge >= 0.3 is 0 Å². The van der Waals surface area contributed by atoms with E-state index in [1.807, 2.05) is 7.05 Å². The maximum absolute atomic E-state index is 5.43. The van der Waals surface area contributed by atoms with Crippen LogP contribution < -0.4 is 5.32 Å². The summed E-state index contributed by atoms with van der Waals surface area (Å²) in [5.74, 6) is 1.80. The first-order valence-corrected chi connectivity index (χ1v) is 8.52. The zero-order chi connectivity index (χ0) is 15.4. The molecule has 1 atom stereocenters. The van der Waals surface area contributed by atoms with Crippen LogP contribution >= 0.6 is 24.0 Å². The molecule has 23 heavy (non-hydrogen) atoms. The smallest absolute Gasteiger partial charge is 0.193 e. The second-order valence-electron chi connectivity index (χ2n) is 7.22. The minimum absolute atomic E-state index is 0. The molecule has 6 nitrogen and oxygen atoms in total. The van der Waals surface area contributed by atoms with Crippen molar-refractivity contribution in [2.75, 3.05) is 72.7 Å². The van der Waals surface area contributed by atoms with Gasteiger partial charge in [-0.25, -0.2) is 0 Å². The van der Waals surface area contributed by atoms with E-state index >= 15 is 0 Å². The van der Waals surface area contributed by atoms with Gasteiger partial charge in [0.25, 0.3) is 0 Å². The zero-order valence-electron chi connectivity index (χ0n) is 14.4. The van der Waals surface area contributed by atoms with Crippen molar-refractivity contribution in [2.24, 2.45) is 16.3 Å². The molecule has 0 aromatic rings. The summed E-state index contributed by atoms with van der Waals surface area (Å²) in [6.07, 6.45) is 1.26. The number of ether oxygens (including phenoxy) is 2. The van der Waals surface area contributed by atoms with E-state index in [9.17, 15) is 0 Å². The van der Waals surface area contributed by atoms with Crippen LogP contribution in [0.25, 0.3) is 0 Å². The summed E-state index contributed by atoms with van der Waals surface area (Å²) in [7, 11) is 1.89. The lowest BCUT2D eigenvalue weighted by Crippen LogP contribution is -2.51. The molecule has 3 aliphatic rings. The van der Waals surface area contributed by atoms with Crippen LogP contribution in [-0.4, -0.2) is 88.5 Å². The number of hydrogen-bond acceptors (Lipinski definition) is 4. The Morgan fingerprint density at radius 1 is 1.22 bits per heavy atom. The van der Waals surface area contributed by atoms with Crippen molar-refractivity contribution < 1.29 is 9.47 Å². The largest absolute Gasteiger partial charge is 0.380 e. The summed E-state index contributed by atoms with van der Waals surface area (Å²) in [5.41, 5.74) is 0.281. The Morgan fingerprint density at radius 3 is 2.57 bits per heavy atom. The van der Waals surface area contributed by atoms with Gasteiger partial charge in [-0.2, -0.15) is 0 Å². The number of hydrogen-bond donors (Lipinski definition) is 1. The van der Waals surface area contributed by atoms with Gasteiger partial charge in [0.1, 0.15) is 0 Å². The SMILES string of the molecule is CN=C(NCC1(C)COC1)N1CCC(CN2CCOCC2)C1.I. The topological polar surface area (TPSA) is 49.3 Å². The third kappa shape index (κ3) is 5.17. The van der Waals surface area contributed by atoms with Crippen molar-refractivity contribution in [2.45, 2.75) is 13.3 Å². The van der Waals surface area contributed by atoms with Crippen LogP contribution in [0.2, 0.25) is 0 Å². The Morgan fingerprint density at radius 2 is 1.96 bits per heavy atom. The van der Waals surface area contributed by atoms with Crippen LogP contribution in [0, 0.1) is 11.3 Å². The van der Waals surface area contributed by atoms with E-state index in [1.54, 1.807) is 0 Å². The molecule has 1 N–H and O–H groups in total. The molecule has 134 valence electrons. The molecule has 3 fully saturated rings. The average molecular weight is 438 g/mol. The molecular weight excluding hydrogens is 407 g/mol. The maximum Gasteiger partial charge on any atom is 0.193 e. The fourth-order valence-corrected chi connectivity index (χ4v) is 3.50. The van der Waals surface area contributed by atoms with Crippen LogP contribution in [-0.2, 0) is 9.47 Å². The fraction of sp³-hybridized carbons (Fsp3) is 0.938. The third-order valence-corrected chi connectivity index (χ3v) is 4.99. The Bertz CT molecular complexity index is 398. The molecule has 7 heteroatoms. The summed E-state index contributed by atoms with van der Waals surface area (Å²) in [4.78, 5) is 9.42. The van der Waals surface area contributed by atoms with Crippen LogP contribution in [0.3, 0.4) is 0 Å². The summed E-state index contributed by atoms with van der Waals surface area (Å²) < 4.78 is 10.8. The van der Waals surface area contributed by atoms with E-state index in [0.717, 1.165) is 71.0 Å². The van der Waals surface area contributed by atoms with Crippen molar-refractivity contribution in [1.82, 2.24) is 15.1 Å². The normalized spacial score (nSPS) is 28.2. The summed E-state index contributed by atoms with van der Waals surface area (Å²) >= 11 is 0. The second-order valence-corrected chi connectivity index (χ2v) is 7.22. The van der Waals surface area contributed by atoms with Gasteiger partial charge < -0.3 is 19.7 Å². The molecule has 3 rings (SSSR count).